The second-order valence-corrected chi connectivity index (χ2v) is 9.54. The second-order valence-electron chi connectivity index (χ2n) is 9.54. The van der Waals surface area contributed by atoms with E-state index in [0.717, 1.165) is 56.1 Å². The number of aryl methyl sites for hydroxylation is 1. The van der Waals surface area contributed by atoms with Crippen molar-refractivity contribution in [2.24, 2.45) is 5.41 Å². The zero-order chi connectivity index (χ0) is 23.2. The van der Waals surface area contributed by atoms with Gasteiger partial charge in [-0.15, -0.1) is 0 Å². The number of ether oxygens (including phenoxy) is 1. The highest BCUT2D eigenvalue weighted by molar-refractivity contribution is 5.90. The summed E-state index contributed by atoms with van der Waals surface area (Å²) in [6.07, 6.45) is 7.52. The van der Waals surface area contributed by atoms with E-state index in [1.807, 2.05) is 6.92 Å². The molecule has 0 spiro atoms. The first-order valence-electron chi connectivity index (χ1n) is 11.6. The number of carbonyl (C=O) groups is 1. The zero-order valence-corrected chi connectivity index (χ0v) is 20.3. The molecule has 0 N–H and O–H groups in total. The lowest BCUT2D eigenvalue weighted by atomic mass is 9.69. The van der Waals surface area contributed by atoms with Gasteiger partial charge in [-0.25, -0.2) is 9.18 Å². The molecule has 1 aliphatic rings. The van der Waals surface area contributed by atoms with Crippen LogP contribution in [0.5, 0.6) is 0 Å². The zero-order valence-electron chi connectivity index (χ0n) is 20.3. The van der Waals surface area contributed by atoms with Crippen LogP contribution in [0.3, 0.4) is 0 Å². The molecule has 0 heterocycles. The fourth-order valence-corrected chi connectivity index (χ4v) is 4.63. The molecule has 0 atom stereocenters. The highest BCUT2D eigenvalue weighted by Gasteiger charge is 2.31. The molecule has 1 aliphatic carbocycles. The van der Waals surface area contributed by atoms with E-state index in [2.05, 4.69) is 34.3 Å². The van der Waals surface area contributed by atoms with Gasteiger partial charge in [-0.1, -0.05) is 58.3 Å². The number of carbonyl (C=O) groups excluding carboxylic acids is 1. The van der Waals surface area contributed by atoms with Gasteiger partial charge in [0.25, 0.3) is 0 Å². The SMILES string of the molecule is C=C(C1=C(C)CCCC1(C)C)/C(C)=C(\F)c1ccc(C(=O)OCCCCCC)cc1C. The number of esters is 1. The Morgan fingerprint density at radius 3 is 2.52 bits per heavy atom. The van der Waals surface area contributed by atoms with Crippen molar-refractivity contribution in [2.75, 3.05) is 6.61 Å². The molecule has 0 aromatic heterocycles. The minimum Gasteiger partial charge on any atom is -0.462 e. The van der Waals surface area contributed by atoms with E-state index < -0.39 is 0 Å². The lowest BCUT2D eigenvalue weighted by Crippen LogP contribution is -2.22. The van der Waals surface area contributed by atoms with Crippen LogP contribution in [0.25, 0.3) is 5.83 Å². The van der Waals surface area contributed by atoms with Crippen LogP contribution in [0.1, 0.15) is 101 Å². The topological polar surface area (TPSA) is 26.3 Å². The summed E-state index contributed by atoms with van der Waals surface area (Å²) in [5.74, 6) is -0.620. The minimum atomic E-state index is -0.346. The van der Waals surface area contributed by atoms with Crippen LogP contribution in [-0.4, -0.2) is 12.6 Å². The van der Waals surface area contributed by atoms with Gasteiger partial charge in [-0.2, -0.15) is 0 Å². The molecule has 0 saturated carbocycles. The predicted octanol–water partition coefficient (Wildman–Crippen LogP) is 8.52. The minimum absolute atomic E-state index is 0.000740. The number of hydrogen-bond donors (Lipinski definition) is 0. The third-order valence-electron chi connectivity index (χ3n) is 6.47. The van der Waals surface area contributed by atoms with Gasteiger partial charge in [0.05, 0.1) is 12.2 Å². The maximum absolute atomic E-state index is 15.5. The Morgan fingerprint density at radius 2 is 1.90 bits per heavy atom. The van der Waals surface area contributed by atoms with Crippen LogP contribution >= 0.6 is 0 Å². The van der Waals surface area contributed by atoms with Crippen LogP contribution in [0.15, 0.2) is 47.1 Å². The predicted molar refractivity (Wildman–Crippen MR) is 129 cm³/mol. The molecule has 170 valence electrons. The summed E-state index contributed by atoms with van der Waals surface area (Å²) in [5.41, 5.74) is 5.54. The molecule has 1 aromatic carbocycles. The molecule has 0 unspecified atom stereocenters. The first kappa shape index (κ1) is 25.1. The Balaban J connectivity index is 2.21. The fraction of sp³-hybridized carbons (Fsp3) is 0.536. The molecule has 0 saturated heterocycles. The van der Waals surface area contributed by atoms with Crippen molar-refractivity contribution in [3.8, 4) is 0 Å². The van der Waals surface area contributed by atoms with Gasteiger partial charge < -0.3 is 4.74 Å². The molecule has 31 heavy (non-hydrogen) atoms. The number of unbranched alkanes of at least 4 members (excludes halogenated alkanes) is 3. The third-order valence-corrected chi connectivity index (χ3v) is 6.47. The summed E-state index contributed by atoms with van der Waals surface area (Å²) in [6, 6.07) is 5.05. The summed E-state index contributed by atoms with van der Waals surface area (Å²) < 4.78 is 20.9. The van der Waals surface area contributed by atoms with E-state index in [1.165, 1.54) is 11.1 Å². The van der Waals surface area contributed by atoms with Crippen molar-refractivity contribution < 1.29 is 13.9 Å². The van der Waals surface area contributed by atoms with Crippen molar-refractivity contribution in [3.05, 3.63) is 63.8 Å². The molecule has 0 bridgehead atoms. The Hall–Kier alpha value is -2.16. The second kappa shape index (κ2) is 10.9. The van der Waals surface area contributed by atoms with E-state index in [4.69, 9.17) is 4.74 Å². The molecular formula is C28H39FO2. The Labute approximate surface area is 188 Å². The summed E-state index contributed by atoms with van der Waals surface area (Å²) in [6.45, 7) is 17.1. The third kappa shape index (κ3) is 6.18. The maximum Gasteiger partial charge on any atom is 0.338 e. The van der Waals surface area contributed by atoms with Crippen LogP contribution in [0.2, 0.25) is 0 Å². The Bertz CT molecular complexity index is 886. The van der Waals surface area contributed by atoms with Crippen LogP contribution < -0.4 is 0 Å². The molecule has 0 radical (unpaired) electrons. The van der Waals surface area contributed by atoms with E-state index in [9.17, 15) is 4.79 Å². The highest BCUT2D eigenvalue weighted by Crippen LogP contribution is 2.46. The van der Waals surface area contributed by atoms with Gasteiger partial charge in [0.15, 0.2) is 0 Å². The Kier molecular flexibility index (Phi) is 8.85. The van der Waals surface area contributed by atoms with E-state index in [0.29, 0.717) is 23.3 Å². The van der Waals surface area contributed by atoms with Crippen molar-refractivity contribution in [1.29, 1.82) is 0 Å². The van der Waals surface area contributed by atoms with Crippen molar-refractivity contribution >= 4 is 11.8 Å². The largest absolute Gasteiger partial charge is 0.462 e. The number of halogens is 1. The van der Waals surface area contributed by atoms with E-state index in [-0.39, 0.29) is 17.2 Å². The van der Waals surface area contributed by atoms with Crippen molar-refractivity contribution in [2.45, 2.75) is 86.5 Å². The molecule has 3 heteroatoms. The first-order valence-corrected chi connectivity index (χ1v) is 11.6. The van der Waals surface area contributed by atoms with E-state index >= 15 is 4.39 Å². The normalized spacial score (nSPS) is 16.7. The number of allylic oxidation sites excluding steroid dienone is 4. The molecule has 0 aliphatic heterocycles. The van der Waals surface area contributed by atoms with Gasteiger partial charge in [0, 0.05) is 5.56 Å². The summed E-state index contributed by atoms with van der Waals surface area (Å²) >= 11 is 0. The lowest BCUT2D eigenvalue weighted by molar-refractivity contribution is 0.0497. The van der Waals surface area contributed by atoms with Gasteiger partial charge >= 0.3 is 5.97 Å². The molecular weight excluding hydrogens is 387 g/mol. The van der Waals surface area contributed by atoms with E-state index in [1.54, 1.807) is 25.1 Å². The summed E-state index contributed by atoms with van der Waals surface area (Å²) in [7, 11) is 0. The molecule has 0 amide bonds. The number of hydrogen-bond acceptors (Lipinski definition) is 2. The summed E-state index contributed by atoms with van der Waals surface area (Å²) in [5, 5.41) is 0. The molecule has 2 rings (SSSR count). The monoisotopic (exact) mass is 426 g/mol. The van der Waals surface area contributed by atoms with Crippen LogP contribution in [-0.2, 0) is 4.74 Å². The average Bonchev–Trinajstić information content (AvgIpc) is 2.71. The van der Waals surface area contributed by atoms with Crippen LogP contribution in [0, 0.1) is 12.3 Å². The molecule has 0 fully saturated rings. The number of benzene rings is 1. The van der Waals surface area contributed by atoms with Gasteiger partial charge in [-0.3, -0.25) is 0 Å². The Morgan fingerprint density at radius 1 is 1.19 bits per heavy atom. The van der Waals surface area contributed by atoms with Crippen molar-refractivity contribution in [3.63, 3.8) is 0 Å². The lowest BCUT2D eigenvalue weighted by Gasteiger charge is -2.36. The standard InChI is InChI=1S/C28H39FO2/c1-8-9-10-11-17-31-27(30)23-14-15-24(20(3)18-23)26(29)22(5)21(4)25-19(2)13-12-16-28(25,6)7/h14-15,18H,4,8-13,16-17H2,1-3,5-7H3/b26-22-. The number of rotatable bonds is 9. The van der Waals surface area contributed by atoms with Crippen LogP contribution in [0.4, 0.5) is 4.39 Å². The molecule has 1 aromatic rings. The highest BCUT2D eigenvalue weighted by atomic mass is 19.1. The molecule has 2 nitrogen and oxygen atoms in total. The smallest absolute Gasteiger partial charge is 0.338 e. The van der Waals surface area contributed by atoms with Gasteiger partial charge in [0.1, 0.15) is 5.83 Å². The summed E-state index contributed by atoms with van der Waals surface area (Å²) in [4.78, 5) is 12.3. The first-order chi connectivity index (χ1) is 14.6. The van der Waals surface area contributed by atoms with Crippen molar-refractivity contribution in [1.82, 2.24) is 0 Å². The quantitative estimate of drug-likeness (QED) is 0.225. The maximum atomic E-state index is 15.5. The fourth-order valence-electron chi connectivity index (χ4n) is 4.63. The average molecular weight is 427 g/mol. The van der Waals surface area contributed by atoms with Gasteiger partial charge in [0.2, 0.25) is 0 Å². The van der Waals surface area contributed by atoms with Gasteiger partial charge in [-0.05, 0) is 86.3 Å².